The normalized spacial score (nSPS) is 13.4. The molecule has 1 aromatic heterocycles. The van der Waals surface area contributed by atoms with Gasteiger partial charge in [-0.25, -0.2) is 8.42 Å². The number of H-pyrrole nitrogens is 1. The van der Waals surface area contributed by atoms with Gasteiger partial charge in [-0.3, -0.25) is 4.79 Å². The standard InChI is InChI=1S/C26H20F6N2O5S/c1-13-2-5-16(6-3-13)40(37,38)22-12-34-21-7-4-15(11-17(21)22)39-23-18(25(27,28)29)8-14(10-20(33)24(35)36)9-19(23)26(30,31)32/h2-9,11-12,20,34H,10,33H2,1H3,(H,35,36)/t20-/m1/s1. The van der Waals surface area contributed by atoms with Crippen LogP contribution in [0, 0.1) is 6.92 Å². The highest BCUT2D eigenvalue weighted by Gasteiger charge is 2.43. The molecule has 40 heavy (non-hydrogen) atoms. The van der Waals surface area contributed by atoms with Gasteiger partial charge in [-0.1, -0.05) is 17.7 Å². The van der Waals surface area contributed by atoms with Gasteiger partial charge < -0.3 is 20.6 Å². The number of fused-ring (bicyclic) bond motifs is 1. The first-order chi connectivity index (χ1) is 18.5. The Hall–Kier alpha value is -4.04. The van der Waals surface area contributed by atoms with Crippen LogP contribution in [0.25, 0.3) is 10.9 Å². The number of aryl methyl sites for hydroxylation is 1. The van der Waals surface area contributed by atoms with Crippen molar-refractivity contribution in [3.8, 4) is 11.5 Å². The number of aromatic amines is 1. The number of ether oxygens (including phenoxy) is 1. The fourth-order valence-electron chi connectivity index (χ4n) is 4.00. The van der Waals surface area contributed by atoms with E-state index in [1.54, 1.807) is 19.1 Å². The number of carbonyl (C=O) groups is 1. The molecule has 0 aliphatic carbocycles. The number of alkyl halides is 6. The summed E-state index contributed by atoms with van der Waals surface area (Å²) in [6.07, 6.45) is -10.3. The summed E-state index contributed by atoms with van der Waals surface area (Å²) in [4.78, 5) is 13.4. The Balaban J connectivity index is 1.85. The van der Waals surface area contributed by atoms with Gasteiger partial charge in [0.25, 0.3) is 0 Å². The number of carboxylic acids is 1. The molecule has 0 spiro atoms. The third-order valence-electron chi connectivity index (χ3n) is 5.99. The molecule has 0 saturated carbocycles. The lowest BCUT2D eigenvalue weighted by molar-refractivity contribution is -0.145. The van der Waals surface area contributed by atoms with Crippen LogP contribution < -0.4 is 10.5 Å². The summed E-state index contributed by atoms with van der Waals surface area (Å²) in [7, 11) is -4.12. The van der Waals surface area contributed by atoms with Crippen molar-refractivity contribution in [3.05, 3.63) is 83.0 Å². The van der Waals surface area contributed by atoms with Gasteiger partial charge in [-0.05, 0) is 61.4 Å². The minimum Gasteiger partial charge on any atom is -0.480 e. The highest BCUT2D eigenvalue weighted by molar-refractivity contribution is 7.91. The van der Waals surface area contributed by atoms with Crippen LogP contribution in [-0.2, 0) is 33.4 Å². The van der Waals surface area contributed by atoms with Crippen LogP contribution in [0.3, 0.4) is 0 Å². The van der Waals surface area contributed by atoms with Crippen LogP contribution in [0.1, 0.15) is 22.3 Å². The minimum atomic E-state index is -5.34. The molecule has 0 amide bonds. The Morgan fingerprint density at radius 3 is 2.08 bits per heavy atom. The molecule has 0 bridgehead atoms. The van der Waals surface area contributed by atoms with Crippen LogP contribution in [0.5, 0.6) is 11.5 Å². The Morgan fingerprint density at radius 2 is 1.55 bits per heavy atom. The summed E-state index contributed by atoms with van der Waals surface area (Å²) >= 11 is 0. The summed E-state index contributed by atoms with van der Waals surface area (Å²) in [6, 6.07) is 8.15. The number of carboxylic acid groups (broad SMARTS) is 1. The quantitative estimate of drug-likeness (QED) is 0.225. The molecule has 14 heteroatoms. The predicted molar refractivity (Wildman–Crippen MR) is 131 cm³/mol. The number of nitrogens with one attached hydrogen (secondary N) is 1. The van der Waals surface area contributed by atoms with Gasteiger partial charge in [0.1, 0.15) is 11.8 Å². The molecule has 3 aromatic carbocycles. The molecule has 0 radical (unpaired) electrons. The largest absolute Gasteiger partial charge is 0.480 e. The highest BCUT2D eigenvalue weighted by Crippen LogP contribution is 2.47. The van der Waals surface area contributed by atoms with Crippen LogP contribution in [0.4, 0.5) is 26.3 Å². The molecule has 0 saturated heterocycles. The van der Waals surface area contributed by atoms with Crippen molar-refractivity contribution in [1.29, 1.82) is 0 Å². The van der Waals surface area contributed by atoms with E-state index in [0.717, 1.165) is 23.9 Å². The van der Waals surface area contributed by atoms with E-state index in [-0.39, 0.29) is 20.7 Å². The summed E-state index contributed by atoms with van der Waals surface area (Å²) in [5.74, 6) is -3.69. The molecule has 0 aliphatic rings. The molecule has 4 aromatic rings. The molecular weight excluding hydrogens is 566 g/mol. The van der Waals surface area contributed by atoms with E-state index in [2.05, 4.69) is 4.98 Å². The highest BCUT2D eigenvalue weighted by atomic mass is 32.2. The summed E-state index contributed by atoms with van der Waals surface area (Å²) in [6.45, 7) is 1.75. The lowest BCUT2D eigenvalue weighted by atomic mass is 9.98. The second-order valence-corrected chi connectivity index (χ2v) is 10.9. The average molecular weight is 587 g/mol. The van der Waals surface area contributed by atoms with E-state index in [4.69, 9.17) is 15.6 Å². The first-order valence-corrected chi connectivity index (χ1v) is 12.9. The van der Waals surface area contributed by atoms with E-state index in [0.29, 0.717) is 12.1 Å². The molecule has 4 rings (SSSR count). The minimum absolute atomic E-state index is 0.0238. The zero-order chi connectivity index (χ0) is 29.6. The Morgan fingerprint density at radius 1 is 0.975 bits per heavy atom. The third kappa shape index (κ3) is 5.77. The SMILES string of the molecule is Cc1ccc(S(=O)(=O)c2c[nH]c3ccc(Oc4c(C(F)(F)F)cc(C[C@@H](N)C(=O)O)cc4C(F)(F)F)cc23)cc1. The van der Waals surface area contributed by atoms with Crippen LogP contribution in [0.15, 0.2) is 70.6 Å². The van der Waals surface area contributed by atoms with Gasteiger partial charge in [0.2, 0.25) is 9.84 Å². The number of hydrogen-bond acceptors (Lipinski definition) is 5. The van der Waals surface area contributed by atoms with Crippen molar-refractivity contribution in [3.63, 3.8) is 0 Å². The van der Waals surface area contributed by atoms with Crippen molar-refractivity contribution >= 4 is 26.7 Å². The van der Waals surface area contributed by atoms with Gasteiger partial charge in [0.15, 0.2) is 5.75 Å². The number of aliphatic carboxylic acids is 1. The van der Waals surface area contributed by atoms with Crippen LogP contribution in [0.2, 0.25) is 0 Å². The van der Waals surface area contributed by atoms with E-state index in [1.807, 2.05) is 0 Å². The molecule has 0 aliphatic heterocycles. The van der Waals surface area contributed by atoms with E-state index < -0.39 is 68.8 Å². The molecular formula is C26H20F6N2O5S. The number of rotatable bonds is 7. The zero-order valence-electron chi connectivity index (χ0n) is 20.4. The van der Waals surface area contributed by atoms with Gasteiger partial charge >= 0.3 is 18.3 Å². The Labute approximate surface area is 223 Å². The summed E-state index contributed by atoms with van der Waals surface area (Å²) < 4.78 is 115. The number of aromatic nitrogens is 1. The smallest absolute Gasteiger partial charge is 0.420 e. The van der Waals surface area contributed by atoms with Gasteiger partial charge in [0.05, 0.1) is 20.9 Å². The van der Waals surface area contributed by atoms with Crippen LogP contribution >= 0.6 is 0 Å². The molecule has 0 unspecified atom stereocenters. The van der Waals surface area contributed by atoms with Crippen molar-refractivity contribution in [1.82, 2.24) is 4.98 Å². The third-order valence-corrected chi connectivity index (χ3v) is 7.80. The fraction of sp³-hybridized carbons (Fsp3) is 0.192. The van der Waals surface area contributed by atoms with Gasteiger partial charge in [0, 0.05) is 17.1 Å². The number of hydrogen-bond donors (Lipinski definition) is 3. The second kappa shape index (κ2) is 10.2. The molecule has 0 fully saturated rings. The average Bonchev–Trinajstić information content (AvgIpc) is 3.27. The molecule has 7 nitrogen and oxygen atoms in total. The molecule has 212 valence electrons. The Bertz CT molecular complexity index is 1660. The number of halogens is 6. The van der Waals surface area contributed by atoms with E-state index in [9.17, 15) is 39.6 Å². The maximum absolute atomic E-state index is 14.0. The van der Waals surface area contributed by atoms with Crippen LogP contribution in [-0.4, -0.2) is 30.5 Å². The lowest BCUT2D eigenvalue weighted by Crippen LogP contribution is -2.32. The number of benzene rings is 3. The van der Waals surface area contributed by atoms with Crippen molar-refractivity contribution in [2.45, 2.75) is 41.5 Å². The van der Waals surface area contributed by atoms with E-state index in [1.165, 1.54) is 18.2 Å². The van der Waals surface area contributed by atoms with E-state index >= 15 is 0 Å². The lowest BCUT2D eigenvalue weighted by Gasteiger charge is -2.21. The maximum Gasteiger partial charge on any atom is 0.420 e. The zero-order valence-corrected chi connectivity index (χ0v) is 21.2. The molecule has 4 N–H and O–H groups in total. The maximum atomic E-state index is 14.0. The Kier molecular flexibility index (Phi) is 7.36. The summed E-state index contributed by atoms with van der Waals surface area (Å²) in [5.41, 5.74) is 2.13. The van der Waals surface area contributed by atoms with Crippen molar-refractivity contribution in [2.75, 3.05) is 0 Å². The topological polar surface area (TPSA) is 122 Å². The fourth-order valence-corrected chi connectivity index (χ4v) is 5.42. The predicted octanol–water partition coefficient (Wildman–Crippen LogP) is 6.09. The molecule has 1 atom stereocenters. The van der Waals surface area contributed by atoms with Crippen molar-refractivity contribution in [2.24, 2.45) is 5.73 Å². The first kappa shape index (κ1) is 29.0. The number of sulfone groups is 1. The molecule has 1 heterocycles. The monoisotopic (exact) mass is 586 g/mol. The number of nitrogens with two attached hydrogens (primary N) is 1. The second-order valence-electron chi connectivity index (χ2n) is 8.94. The van der Waals surface area contributed by atoms with Crippen molar-refractivity contribution < 1.29 is 49.4 Å². The summed E-state index contributed by atoms with van der Waals surface area (Å²) in [5, 5.41) is 8.92. The van der Waals surface area contributed by atoms with Gasteiger partial charge in [-0.2, -0.15) is 26.3 Å². The first-order valence-electron chi connectivity index (χ1n) is 11.4. The van der Waals surface area contributed by atoms with Gasteiger partial charge in [-0.15, -0.1) is 0 Å².